The summed E-state index contributed by atoms with van der Waals surface area (Å²) in [5.74, 6) is -0.174. The van der Waals surface area contributed by atoms with Crippen molar-refractivity contribution >= 4 is 11.9 Å². The Kier molecular flexibility index (Phi) is 62.3. The van der Waals surface area contributed by atoms with Gasteiger partial charge in [-0.05, 0) is 51.4 Å². The first-order valence-electron chi connectivity index (χ1n) is 37.8. The van der Waals surface area contributed by atoms with E-state index in [0.717, 1.165) is 70.6 Å². The minimum Gasteiger partial charge on any atom is -0.466 e. The third kappa shape index (κ3) is 54.2. The first kappa shape index (κ1) is 82.9. The summed E-state index contributed by atoms with van der Waals surface area (Å²) in [7, 11) is 0. The Bertz CT molecular complexity index is 1540. The van der Waals surface area contributed by atoms with Gasteiger partial charge in [-0.25, -0.2) is 0 Å². The molecule has 0 aromatic rings. The highest BCUT2D eigenvalue weighted by Gasteiger charge is 2.44. The van der Waals surface area contributed by atoms with Gasteiger partial charge in [0.2, 0.25) is 5.91 Å². The summed E-state index contributed by atoms with van der Waals surface area (Å²) in [4.78, 5) is 25.1. The molecule has 0 spiro atoms. The van der Waals surface area contributed by atoms with Gasteiger partial charge in [0.15, 0.2) is 6.29 Å². The molecule has 87 heavy (non-hydrogen) atoms. The maximum absolute atomic E-state index is 13.0. The zero-order valence-electron chi connectivity index (χ0n) is 57.0. The van der Waals surface area contributed by atoms with Crippen molar-refractivity contribution in [3.8, 4) is 0 Å². The van der Waals surface area contributed by atoms with Gasteiger partial charge >= 0.3 is 5.97 Å². The highest BCUT2D eigenvalue weighted by molar-refractivity contribution is 5.76. The Labute approximate surface area is 536 Å². The molecular formula is C76H143NO10. The molecule has 11 heteroatoms. The van der Waals surface area contributed by atoms with Crippen LogP contribution in [0.4, 0.5) is 0 Å². The molecule has 1 aliphatic rings. The summed E-state index contributed by atoms with van der Waals surface area (Å²) in [5, 5.41) is 54.4. The van der Waals surface area contributed by atoms with E-state index in [4.69, 9.17) is 14.2 Å². The van der Waals surface area contributed by atoms with Crippen molar-refractivity contribution in [1.82, 2.24) is 5.32 Å². The Morgan fingerprint density at radius 2 is 0.747 bits per heavy atom. The topological polar surface area (TPSA) is 175 Å². The molecule has 0 radical (unpaired) electrons. The quantitative estimate of drug-likeness (QED) is 0.0195. The SMILES string of the molecule is CCC/C=C/CC/C=C/CC/C=C/C(O)C(COC1OC(CO)C(O)C(O)C1O)NC(=O)CCCCCCCCCCCCCCCCCCCCCCCCCCCCCCCCCCCCCCCOC(=O)CCCCCCCCCCCCC. The van der Waals surface area contributed by atoms with Crippen LogP contribution in [-0.2, 0) is 23.8 Å². The molecule has 1 amide bonds. The van der Waals surface area contributed by atoms with E-state index in [2.05, 4.69) is 43.5 Å². The first-order valence-corrected chi connectivity index (χ1v) is 37.8. The van der Waals surface area contributed by atoms with Crippen LogP contribution >= 0.6 is 0 Å². The molecule has 1 saturated heterocycles. The van der Waals surface area contributed by atoms with Gasteiger partial charge in [-0.3, -0.25) is 9.59 Å². The van der Waals surface area contributed by atoms with Crippen LogP contribution in [0.25, 0.3) is 0 Å². The molecule has 7 atom stereocenters. The van der Waals surface area contributed by atoms with E-state index in [1.165, 1.54) is 276 Å². The molecule has 11 nitrogen and oxygen atoms in total. The fourth-order valence-electron chi connectivity index (χ4n) is 12.1. The van der Waals surface area contributed by atoms with Crippen LogP contribution in [0, 0.1) is 0 Å². The van der Waals surface area contributed by atoms with Gasteiger partial charge in [0.1, 0.15) is 24.4 Å². The zero-order valence-corrected chi connectivity index (χ0v) is 57.0. The largest absolute Gasteiger partial charge is 0.466 e. The maximum Gasteiger partial charge on any atom is 0.305 e. The number of hydrogen-bond donors (Lipinski definition) is 6. The number of esters is 1. The van der Waals surface area contributed by atoms with Crippen molar-refractivity contribution in [2.45, 2.75) is 416 Å². The zero-order chi connectivity index (χ0) is 63.0. The summed E-state index contributed by atoms with van der Waals surface area (Å²) < 4.78 is 16.7. The predicted molar refractivity (Wildman–Crippen MR) is 366 cm³/mol. The lowest BCUT2D eigenvalue weighted by atomic mass is 9.99. The Morgan fingerprint density at radius 3 is 1.11 bits per heavy atom. The number of nitrogens with one attached hydrogen (secondary N) is 1. The fraction of sp³-hybridized carbons (Fsp3) is 0.895. The normalized spacial score (nSPS) is 18.0. The lowest BCUT2D eigenvalue weighted by Crippen LogP contribution is -2.60. The van der Waals surface area contributed by atoms with E-state index in [1.54, 1.807) is 6.08 Å². The lowest BCUT2D eigenvalue weighted by Gasteiger charge is -2.40. The van der Waals surface area contributed by atoms with Gasteiger partial charge in [-0.2, -0.15) is 0 Å². The molecule has 1 aliphatic heterocycles. The second-order valence-corrected chi connectivity index (χ2v) is 26.3. The maximum atomic E-state index is 13.0. The average Bonchev–Trinajstić information content (AvgIpc) is 2.27. The van der Waals surface area contributed by atoms with Crippen molar-refractivity contribution in [2.24, 2.45) is 0 Å². The summed E-state index contributed by atoms with van der Waals surface area (Å²) in [6.45, 7) is 4.29. The van der Waals surface area contributed by atoms with Gasteiger partial charge < -0.3 is 45.1 Å². The number of hydrogen-bond acceptors (Lipinski definition) is 10. The second-order valence-electron chi connectivity index (χ2n) is 26.3. The van der Waals surface area contributed by atoms with Crippen molar-refractivity contribution < 1.29 is 49.3 Å². The predicted octanol–water partition coefficient (Wildman–Crippen LogP) is 19.7. The van der Waals surface area contributed by atoms with Crippen LogP contribution in [0.15, 0.2) is 36.5 Å². The van der Waals surface area contributed by atoms with Crippen molar-refractivity contribution in [3.05, 3.63) is 36.5 Å². The molecule has 1 heterocycles. The number of amides is 1. The van der Waals surface area contributed by atoms with Crippen LogP contribution in [0.3, 0.4) is 0 Å². The average molecular weight is 1230 g/mol. The standard InChI is InChI=1S/C76H143NO10/c1-3-5-7-9-11-13-42-46-50-54-58-62-69(79)68(67-86-76-75(84)74(83)73(82)70(66-78)87-76)77-71(80)63-59-55-51-47-44-40-38-36-34-32-30-28-26-24-22-20-18-16-15-17-19-21-23-25-27-29-31-33-35-37-39-41-45-49-53-57-61-65-85-72(81)64-60-56-52-48-43-14-12-10-8-6-4-2/h7,9,42,46,58,62,68-70,73-76,78-79,82-84H,3-6,8,10-41,43-45,47-57,59-61,63-67H2,1-2H3,(H,77,80)/b9-7+,46-42+,62-58+. The van der Waals surface area contributed by atoms with Gasteiger partial charge in [0.05, 0.1) is 32.0 Å². The van der Waals surface area contributed by atoms with Gasteiger partial charge in [0.25, 0.3) is 0 Å². The molecule has 0 aromatic carbocycles. The summed E-state index contributed by atoms with van der Waals surface area (Å²) in [6.07, 6.45) is 74.7. The van der Waals surface area contributed by atoms with Gasteiger partial charge in [-0.1, -0.05) is 346 Å². The number of allylic oxidation sites excluding steroid dienone is 5. The Morgan fingerprint density at radius 1 is 0.414 bits per heavy atom. The fourth-order valence-corrected chi connectivity index (χ4v) is 12.1. The number of aliphatic hydroxyl groups is 5. The van der Waals surface area contributed by atoms with Crippen LogP contribution in [0.5, 0.6) is 0 Å². The first-order chi connectivity index (χ1) is 42.7. The molecule has 1 rings (SSSR count). The number of ether oxygens (including phenoxy) is 3. The monoisotopic (exact) mass is 1230 g/mol. The molecule has 1 fully saturated rings. The summed E-state index contributed by atoms with van der Waals surface area (Å²) in [6, 6.07) is -0.829. The second kappa shape index (κ2) is 65.4. The van der Waals surface area contributed by atoms with Crippen LogP contribution in [0.2, 0.25) is 0 Å². The van der Waals surface area contributed by atoms with E-state index in [0.29, 0.717) is 19.4 Å². The van der Waals surface area contributed by atoms with Crippen molar-refractivity contribution in [2.75, 3.05) is 19.8 Å². The Balaban J connectivity index is 1.88. The molecule has 0 bridgehead atoms. The van der Waals surface area contributed by atoms with Crippen molar-refractivity contribution in [3.63, 3.8) is 0 Å². The number of aliphatic hydroxyl groups excluding tert-OH is 5. The smallest absolute Gasteiger partial charge is 0.305 e. The minimum absolute atomic E-state index is 0.0170. The summed E-state index contributed by atoms with van der Waals surface area (Å²) in [5.41, 5.74) is 0. The molecule has 0 aromatic heterocycles. The molecule has 6 N–H and O–H groups in total. The van der Waals surface area contributed by atoms with E-state index in [-0.39, 0.29) is 18.5 Å². The van der Waals surface area contributed by atoms with Crippen LogP contribution in [-0.4, -0.2) is 100 Å². The van der Waals surface area contributed by atoms with Crippen LogP contribution in [0.1, 0.15) is 373 Å². The molecular weight excluding hydrogens is 1090 g/mol. The molecule has 7 unspecified atom stereocenters. The highest BCUT2D eigenvalue weighted by Crippen LogP contribution is 2.24. The number of carbonyl (C=O) groups excluding carboxylic acids is 2. The number of rotatable bonds is 67. The number of carbonyl (C=O) groups is 2. The lowest BCUT2D eigenvalue weighted by molar-refractivity contribution is -0.302. The van der Waals surface area contributed by atoms with Crippen LogP contribution < -0.4 is 5.32 Å². The Hall–Kier alpha value is -2.12. The minimum atomic E-state index is -1.58. The van der Waals surface area contributed by atoms with Gasteiger partial charge in [0, 0.05) is 12.8 Å². The molecule has 0 saturated carbocycles. The molecule has 0 aliphatic carbocycles. The molecule has 512 valence electrons. The van der Waals surface area contributed by atoms with E-state index in [1.807, 2.05) is 6.08 Å². The van der Waals surface area contributed by atoms with E-state index < -0.39 is 49.5 Å². The third-order valence-corrected chi connectivity index (χ3v) is 18.0. The number of unbranched alkanes of at least 4 members (excludes halogenated alkanes) is 49. The highest BCUT2D eigenvalue weighted by atomic mass is 16.7. The van der Waals surface area contributed by atoms with Gasteiger partial charge in [-0.15, -0.1) is 0 Å². The van der Waals surface area contributed by atoms with E-state index in [9.17, 15) is 35.1 Å². The van der Waals surface area contributed by atoms with Crippen molar-refractivity contribution in [1.29, 1.82) is 0 Å². The third-order valence-electron chi connectivity index (χ3n) is 18.0. The van der Waals surface area contributed by atoms with E-state index >= 15 is 0 Å². The summed E-state index contributed by atoms with van der Waals surface area (Å²) >= 11 is 0.